The molecular formula is C44H58O4Si2. The summed E-state index contributed by atoms with van der Waals surface area (Å²) in [5.41, 5.74) is 9.84. The molecule has 0 spiro atoms. The van der Waals surface area contributed by atoms with E-state index in [1.54, 1.807) is 0 Å². The van der Waals surface area contributed by atoms with Crippen LogP contribution in [0.15, 0.2) is 60.7 Å². The molecule has 0 aliphatic heterocycles. The van der Waals surface area contributed by atoms with Crippen molar-refractivity contribution >= 4 is 28.0 Å². The van der Waals surface area contributed by atoms with Crippen LogP contribution >= 0.6 is 0 Å². The highest BCUT2D eigenvalue weighted by atomic mass is 28.3. The third-order valence-electron chi connectivity index (χ3n) is 9.32. The van der Waals surface area contributed by atoms with Crippen molar-refractivity contribution in [3.63, 3.8) is 0 Å². The SMILES string of the molecule is CCCOc1c2cccc1Cc1cc([Si](C)C)cc(c1OCCC)Cc1cccc(c1OCCC)Cc1cc([Si](C)C)cc(c1OCCC)C2. The van der Waals surface area contributed by atoms with E-state index in [9.17, 15) is 0 Å². The standard InChI is InChI=1S/C44H58O4Si2/c1-9-19-45-41-31-15-13-16-32(41)24-36-28-40(50(7)8)30-38(44(36)48-22-12-4)26-34-18-14-17-33(42(34)46-20-10-2)25-37-29-39(49(5)6)27-35(23-31)43(37)47-21-11-3/h13-18,27-30H,9-12,19-26H2,1-8H3. The second kappa shape index (κ2) is 18.1. The molecule has 266 valence electrons. The van der Waals surface area contributed by atoms with E-state index in [-0.39, 0.29) is 0 Å². The van der Waals surface area contributed by atoms with Gasteiger partial charge in [-0.25, -0.2) is 0 Å². The van der Waals surface area contributed by atoms with Crippen molar-refractivity contribution in [3.05, 3.63) is 105 Å². The smallest absolute Gasteiger partial charge is 0.126 e. The monoisotopic (exact) mass is 706 g/mol. The summed E-state index contributed by atoms with van der Waals surface area (Å²) in [5, 5.41) is 2.86. The zero-order chi connectivity index (χ0) is 35.6. The van der Waals surface area contributed by atoms with Gasteiger partial charge in [0, 0.05) is 25.7 Å². The van der Waals surface area contributed by atoms with Crippen molar-refractivity contribution in [1.29, 1.82) is 0 Å². The molecule has 0 heterocycles. The van der Waals surface area contributed by atoms with Gasteiger partial charge in [-0.2, -0.15) is 0 Å². The minimum Gasteiger partial charge on any atom is -0.493 e. The molecule has 50 heavy (non-hydrogen) atoms. The lowest BCUT2D eigenvalue weighted by atomic mass is 9.91. The van der Waals surface area contributed by atoms with E-state index in [2.05, 4.69) is 115 Å². The van der Waals surface area contributed by atoms with Crippen molar-refractivity contribution in [3.8, 4) is 23.0 Å². The first-order valence-corrected chi connectivity index (χ1v) is 23.9. The quantitative estimate of drug-likeness (QED) is 0.108. The maximum Gasteiger partial charge on any atom is 0.126 e. The number of benzene rings is 4. The zero-order valence-electron chi connectivity index (χ0n) is 31.9. The third-order valence-corrected chi connectivity index (χ3v) is 12.2. The Hall–Kier alpha value is -3.49. The summed E-state index contributed by atoms with van der Waals surface area (Å²) in [6, 6.07) is 23.1. The van der Waals surface area contributed by atoms with Crippen LogP contribution < -0.4 is 29.3 Å². The Morgan fingerprint density at radius 2 is 0.640 bits per heavy atom. The number of hydrogen-bond acceptors (Lipinski definition) is 4. The highest BCUT2D eigenvalue weighted by molar-refractivity contribution is 6.71. The van der Waals surface area contributed by atoms with Crippen molar-refractivity contribution in [2.24, 2.45) is 0 Å². The Morgan fingerprint density at radius 3 is 0.860 bits per heavy atom. The van der Waals surface area contributed by atoms with Crippen LogP contribution in [0.4, 0.5) is 0 Å². The summed E-state index contributed by atoms with van der Waals surface area (Å²) in [5.74, 6) is 4.08. The maximum atomic E-state index is 6.72. The van der Waals surface area contributed by atoms with Crippen molar-refractivity contribution in [1.82, 2.24) is 0 Å². The van der Waals surface area contributed by atoms with E-state index in [4.69, 9.17) is 18.9 Å². The lowest BCUT2D eigenvalue weighted by Crippen LogP contribution is -2.25. The number of hydrogen-bond donors (Lipinski definition) is 0. The first-order valence-electron chi connectivity index (χ1n) is 18.9. The van der Waals surface area contributed by atoms with Gasteiger partial charge in [0.15, 0.2) is 0 Å². The van der Waals surface area contributed by atoms with Crippen LogP contribution in [0.1, 0.15) is 97.9 Å². The molecule has 6 heteroatoms. The molecule has 1 aliphatic carbocycles. The molecule has 0 unspecified atom stereocenters. The van der Waals surface area contributed by atoms with Crippen molar-refractivity contribution in [2.75, 3.05) is 26.4 Å². The van der Waals surface area contributed by atoms with Crippen LogP contribution in [0, 0.1) is 0 Å². The highest BCUT2D eigenvalue weighted by Gasteiger charge is 2.24. The van der Waals surface area contributed by atoms with Gasteiger partial charge in [0.05, 0.1) is 44.0 Å². The molecule has 0 aromatic heterocycles. The molecule has 8 bridgehead atoms. The molecule has 1 aliphatic rings. The van der Waals surface area contributed by atoms with Gasteiger partial charge in [-0.3, -0.25) is 0 Å². The van der Waals surface area contributed by atoms with Gasteiger partial charge in [-0.15, -0.1) is 0 Å². The summed E-state index contributed by atoms with van der Waals surface area (Å²) < 4.78 is 26.9. The largest absolute Gasteiger partial charge is 0.493 e. The predicted molar refractivity (Wildman–Crippen MR) is 214 cm³/mol. The molecule has 0 saturated carbocycles. The van der Waals surface area contributed by atoms with Gasteiger partial charge >= 0.3 is 0 Å². The normalized spacial score (nSPS) is 12.7. The predicted octanol–water partition coefficient (Wildman–Crippen LogP) is 9.44. The Labute approximate surface area is 305 Å². The lowest BCUT2D eigenvalue weighted by Gasteiger charge is -2.24. The summed E-state index contributed by atoms with van der Waals surface area (Å²) >= 11 is 0. The summed E-state index contributed by atoms with van der Waals surface area (Å²) in [4.78, 5) is 0. The molecule has 0 saturated heterocycles. The van der Waals surface area contributed by atoms with E-state index >= 15 is 0 Å². The lowest BCUT2D eigenvalue weighted by molar-refractivity contribution is 0.304. The van der Waals surface area contributed by atoms with Crippen LogP contribution in [0.5, 0.6) is 23.0 Å². The van der Waals surface area contributed by atoms with E-state index in [1.807, 2.05) is 0 Å². The molecule has 0 amide bonds. The summed E-state index contributed by atoms with van der Waals surface area (Å²) in [7, 11) is -1.46. The summed E-state index contributed by atoms with van der Waals surface area (Å²) in [6.45, 7) is 21.0. The molecule has 2 radical (unpaired) electrons. The van der Waals surface area contributed by atoms with E-state index < -0.39 is 17.6 Å². The van der Waals surface area contributed by atoms with Crippen LogP contribution in [-0.4, -0.2) is 44.0 Å². The molecule has 0 fully saturated rings. The fourth-order valence-corrected chi connectivity index (χ4v) is 8.67. The number of para-hydroxylation sites is 2. The third kappa shape index (κ3) is 9.05. The number of fused-ring (bicyclic) bond motifs is 8. The van der Waals surface area contributed by atoms with Gasteiger partial charge in [-0.05, 0) is 70.2 Å². The van der Waals surface area contributed by atoms with Crippen molar-refractivity contribution in [2.45, 2.75) is 105 Å². The Bertz CT molecular complexity index is 1510. The van der Waals surface area contributed by atoms with Gasteiger partial charge in [0.1, 0.15) is 23.0 Å². The topological polar surface area (TPSA) is 36.9 Å². The first-order chi connectivity index (χ1) is 24.3. The Morgan fingerprint density at radius 1 is 0.400 bits per heavy atom. The molecule has 4 nitrogen and oxygen atoms in total. The second-order valence-corrected chi connectivity index (χ2v) is 19.3. The molecule has 5 rings (SSSR count). The number of ether oxygens (including phenoxy) is 4. The Kier molecular flexibility index (Phi) is 13.7. The van der Waals surface area contributed by atoms with E-state index in [1.165, 1.54) is 54.9 Å². The molecule has 4 aromatic carbocycles. The minimum atomic E-state index is -0.729. The van der Waals surface area contributed by atoms with Crippen LogP contribution in [0.3, 0.4) is 0 Å². The van der Waals surface area contributed by atoms with Crippen LogP contribution in [-0.2, 0) is 25.7 Å². The first kappa shape index (κ1) is 37.8. The van der Waals surface area contributed by atoms with Crippen LogP contribution in [0.2, 0.25) is 26.2 Å². The zero-order valence-corrected chi connectivity index (χ0v) is 33.9. The van der Waals surface area contributed by atoms with Crippen LogP contribution in [0.25, 0.3) is 0 Å². The second-order valence-electron chi connectivity index (χ2n) is 14.2. The molecule has 4 aromatic rings. The van der Waals surface area contributed by atoms with E-state index in [0.717, 1.165) is 74.4 Å². The fraction of sp³-hybridized carbons (Fsp3) is 0.455. The minimum absolute atomic E-state index is 0.683. The maximum absolute atomic E-state index is 6.72. The fourth-order valence-electron chi connectivity index (χ4n) is 6.82. The van der Waals surface area contributed by atoms with Gasteiger partial charge in [-0.1, -0.05) is 125 Å². The van der Waals surface area contributed by atoms with Gasteiger partial charge < -0.3 is 18.9 Å². The average Bonchev–Trinajstić information content (AvgIpc) is 3.09. The molecule has 0 N–H and O–H groups in total. The molecular weight excluding hydrogens is 649 g/mol. The summed E-state index contributed by atoms with van der Waals surface area (Å²) in [6.07, 6.45) is 6.84. The molecule has 0 atom stereocenters. The van der Waals surface area contributed by atoms with Gasteiger partial charge in [0.25, 0.3) is 0 Å². The average molecular weight is 707 g/mol. The van der Waals surface area contributed by atoms with Crippen molar-refractivity contribution < 1.29 is 18.9 Å². The van der Waals surface area contributed by atoms with Gasteiger partial charge in [0.2, 0.25) is 0 Å². The number of rotatable bonds is 14. The Balaban J connectivity index is 1.84. The highest BCUT2D eigenvalue weighted by Crippen LogP contribution is 2.39. The van der Waals surface area contributed by atoms with E-state index in [0.29, 0.717) is 26.4 Å².